The summed E-state index contributed by atoms with van der Waals surface area (Å²) in [4.78, 5) is 10.4. The third-order valence-corrected chi connectivity index (χ3v) is 1.97. The van der Waals surface area contributed by atoms with Crippen molar-refractivity contribution in [2.75, 3.05) is 7.11 Å². The van der Waals surface area contributed by atoms with Gasteiger partial charge in [0, 0.05) is 5.56 Å². The minimum absolute atomic E-state index is 0.0870. The molecule has 0 aliphatic heterocycles. The largest absolute Gasteiger partial charge is 0.493 e. The van der Waals surface area contributed by atoms with Crippen LogP contribution in [0, 0.1) is 5.82 Å². The fraction of sp³-hybridized carbons (Fsp3) is 0.222. The molecule has 14 heavy (non-hydrogen) atoms. The number of halogens is 2. The molecule has 3 nitrogen and oxygen atoms in total. The lowest BCUT2D eigenvalue weighted by molar-refractivity contribution is -0.136. The first-order valence-corrected chi connectivity index (χ1v) is 4.16. The van der Waals surface area contributed by atoms with Crippen molar-refractivity contribution in [3.8, 4) is 5.75 Å². The molecule has 0 radical (unpaired) electrons. The topological polar surface area (TPSA) is 46.5 Å². The van der Waals surface area contributed by atoms with Crippen molar-refractivity contribution in [3.63, 3.8) is 0 Å². The highest BCUT2D eigenvalue weighted by Crippen LogP contribution is 2.28. The molecule has 0 aliphatic rings. The Balaban J connectivity index is 3.17. The molecule has 1 rings (SSSR count). The number of rotatable bonds is 3. The average Bonchev–Trinajstić information content (AvgIpc) is 2.11. The number of ether oxygens (including phenoxy) is 1. The third kappa shape index (κ3) is 2.14. The van der Waals surface area contributed by atoms with Crippen molar-refractivity contribution >= 4 is 17.6 Å². The van der Waals surface area contributed by atoms with Gasteiger partial charge in [0.25, 0.3) is 0 Å². The molecule has 1 aromatic carbocycles. The van der Waals surface area contributed by atoms with Crippen LogP contribution in [-0.4, -0.2) is 18.2 Å². The highest BCUT2D eigenvalue weighted by Gasteiger charge is 2.14. The van der Waals surface area contributed by atoms with E-state index in [0.29, 0.717) is 0 Å². The van der Waals surface area contributed by atoms with Crippen molar-refractivity contribution in [3.05, 3.63) is 28.5 Å². The molecule has 1 aromatic rings. The van der Waals surface area contributed by atoms with Gasteiger partial charge in [0.05, 0.1) is 18.6 Å². The Bertz CT molecular complexity index is 365. The minimum atomic E-state index is -1.05. The maximum atomic E-state index is 13.3. The van der Waals surface area contributed by atoms with E-state index in [2.05, 4.69) is 0 Å². The van der Waals surface area contributed by atoms with Crippen LogP contribution in [0.5, 0.6) is 5.75 Å². The van der Waals surface area contributed by atoms with E-state index in [1.807, 2.05) is 0 Å². The molecule has 0 bridgehead atoms. The zero-order chi connectivity index (χ0) is 10.7. The van der Waals surface area contributed by atoms with Gasteiger partial charge < -0.3 is 9.84 Å². The second-order valence-corrected chi connectivity index (χ2v) is 3.03. The Morgan fingerprint density at radius 2 is 2.29 bits per heavy atom. The molecule has 0 heterocycles. The van der Waals surface area contributed by atoms with E-state index >= 15 is 0 Å². The maximum absolute atomic E-state index is 13.3. The van der Waals surface area contributed by atoms with Crippen LogP contribution < -0.4 is 4.74 Å². The molecular weight excluding hydrogens is 211 g/mol. The molecule has 0 saturated heterocycles. The van der Waals surface area contributed by atoms with Gasteiger partial charge >= 0.3 is 5.97 Å². The lowest BCUT2D eigenvalue weighted by Gasteiger charge is -2.08. The van der Waals surface area contributed by atoms with Gasteiger partial charge in [0.2, 0.25) is 0 Å². The molecular formula is C9H8ClFO3. The average molecular weight is 219 g/mol. The van der Waals surface area contributed by atoms with E-state index in [-0.39, 0.29) is 22.8 Å². The summed E-state index contributed by atoms with van der Waals surface area (Å²) in [6.45, 7) is 0. The van der Waals surface area contributed by atoms with E-state index in [4.69, 9.17) is 21.4 Å². The molecule has 0 fully saturated rings. The van der Waals surface area contributed by atoms with Gasteiger partial charge in [-0.1, -0.05) is 17.7 Å². The predicted octanol–water partition coefficient (Wildman–Crippen LogP) is 2.11. The van der Waals surface area contributed by atoms with Crippen LogP contribution in [0.25, 0.3) is 0 Å². The Labute approximate surface area is 85.1 Å². The summed E-state index contributed by atoms with van der Waals surface area (Å²) in [6, 6.07) is 2.73. The van der Waals surface area contributed by atoms with Gasteiger partial charge in [-0.25, -0.2) is 4.39 Å². The van der Waals surface area contributed by atoms with Crippen molar-refractivity contribution < 1.29 is 19.0 Å². The van der Waals surface area contributed by atoms with Crippen molar-refractivity contribution in [1.29, 1.82) is 0 Å². The number of methoxy groups -OCH3 is 1. The smallest absolute Gasteiger partial charge is 0.307 e. The highest BCUT2D eigenvalue weighted by molar-refractivity contribution is 6.30. The molecule has 76 valence electrons. The molecule has 0 aromatic heterocycles. The lowest BCUT2D eigenvalue weighted by atomic mass is 10.1. The first kappa shape index (κ1) is 10.8. The van der Waals surface area contributed by atoms with E-state index < -0.39 is 11.8 Å². The Kier molecular flexibility index (Phi) is 3.30. The zero-order valence-corrected chi connectivity index (χ0v) is 8.14. The SMILES string of the molecule is COc1c(CC(=O)O)ccc(Cl)c1F. The number of carbonyl (C=O) groups is 1. The van der Waals surface area contributed by atoms with Crippen molar-refractivity contribution in [2.45, 2.75) is 6.42 Å². The van der Waals surface area contributed by atoms with Crippen molar-refractivity contribution in [1.82, 2.24) is 0 Å². The van der Waals surface area contributed by atoms with Gasteiger partial charge in [-0.3, -0.25) is 4.79 Å². The van der Waals surface area contributed by atoms with Crippen LogP contribution >= 0.6 is 11.6 Å². The third-order valence-electron chi connectivity index (χ3n) is 1.68. The van der Waals surface area contributed by atoms with Crippen LogP contribution in [0.3, 0.4) is 0 Å². The van der Waals surface area contributed by atoms with E-state index in [1.54, 1.807) is 0 Å². The monoisotopic (exact) mass is 218 g/mol. The quantitative estimate of drug-likeness (QED) is 0.845. The lowest BCUT2D eigenvalue weighted by Crippen LogP contribution is -2.03. The molecule has 1 N–H and O–H groups in total. The standard InChI is InChI=1S/C9H8ClFO3/c1-14-9-5(4-7(12)13)2-3-6(10)8(9)11/h2-3H,4H2,1H3,(H,12,13). The van der Waals surface area contributed by atoms with Crippen LogP contribution in [0.1, 0.15) is 5.56 Å². The summed E-state index contributed by atoms with van der Waals surface area (Å²) in [6.07, 6.45) is -0.294. The molecule has 0 saturated carbocycles. The van der Waals surface area contributed by atoms with Gasteiger partial charge in [-0.2, -0.15) is 0 Å². The van der Waals surface area contributed by atoms with Crippen LogP contribution in [0.15, 0.2) is 12.1 Å². The van der Waals surface area contributed by atoms with Crippen LogP contribution in [-0.2, 0) is 11.2 Å². The highest BCUT2D eigenvalue weighted by atomic mass is 35.5. The summed E-state index contributed by atoms with van der Waals surface area (Å²) in [5, 5.41) is 8.45. The summed E-state index contributed by atoms with van der Waals surface area (Å²) < 4.78 is 18.0. The maximum Gasteiger partial charge on any atom is 0.307 e. The number of hydrogen-bond acceptors (Lipinski definition) is 2. The first-order chi connectivity index (χ1) is 6.56. The summed E-state index contributed by atoms with van der Waals surface area (Å²) in [5.74, 6) is -1.89. The number of carboxylic acid groups (broad SMARTS) is 1. The fourth-order valence-electron chi connectivity index (χ4n) is 1.09. The number of carboxylic acids is 1. The number of hydrogen-bond donors (Lipinski definition) is 1. The van der Waals surface area contributed by atoms with Gasteiger partial charge in [-0.15, -0.1) is 0 Å². The van der Waals surface area contributed by atoms with Gasteiger partial charge in [0.15, 0.2) is 11.6 Å². The van der Waals surface area contributed by atoms with Gasteiger partial charge in [-0.05, 0) is 6.07 Å². The Hall–Kier alpha value is -1.29. The summed E-state index contributed by atoms with van der Waals surface area (Å²) in [5.41, 5.74) is 0.266. The number of aliphatic carboxylic acids is 1. The second kappa shape index (κ2) is 4.28. The zero-order valence-electron chi connectivity index (χ0n) is 7.38. The number of benzene rings is 1. The van der Waals surface area contributed by atoms with Crippen molar-refractivity contribution in [2.24, 2.45) is 0 Å². The minimum Gasteiger partial charge on any atom is -0.493 e. The molecule has 0 atom stereocenters. The van der Waals surface area contributed by atoms with E-state index in [0.717, 1.165) is 0 Å². The molecule has 5 heteroatoms. The van der Waals surface area contributed by atoms with E-state index in [1.165, 1.54) is 19.2 Å². The first-order valence-electron chi connectivity index (χ1n) is 3.79. The Morgan fingerprint density at radius 3 is 2.79 bits per heavy atom. The van der Waals surface area contributed by atoms with E-state index in [9.17, 15) is 9.18 Å². The Morgan fingerprint density at radius 1 is 1.64 bits per heavy atom. The normalized spacial score (nSPS) is 9.93. The second-order valence-electron chi connectivity index (χ2n) is 2.62. The van der Waals surface area contributed by atoms with Crippen LogP contribution in [0.2, 0.25) is 5.02 Å². The van der Waals surface area contributed by atoms with Crippen LogP contribution in [0.4, 0.5) is 4.39 Å². The predicted molar refractivity (Wildman–Crippen MR) is 49.3 cm³/mol. The summed E-state index contributed by atoms with van der Waals surface area (Å²) >= 11 is 5.50. The molecule has 0 amide bonds. The molecule has 0 unspecified atom stereocenters. The fourth-order valence-corrected chi connectivity index (χ4v) is 1.24. The molecule has 0 spiro atoms. The summed E-state index contributed by atoms with van der Waals surface area (Å²) in [7, 11) is 1.26. The van der Waals surface area contributed by atoms with Gasteiger partial charge in [0.1, 0.15) is 0 Å². The molecule has 0 aliphatic carbocycles.